The van der Waals surface area contributed by atoms with Crippen LogP contribution >= 0.6 is 31.9 Å². The summed E-state index contributed by atoms with van der Waals surface area (Å²) < 4.78 is 21.4. The van der Waals surface area contributed by atoms with Gasteiger partial charge >= 0.3 is 0 Å². The topological polar surface area (TPSA) is 50.4 Å². The third-order valence-electron chi connectivity index (χ3n) is 4.60. The summed E-state index contributed by atoms with van der Waals surface area (Å²) in [4.78, 5) is 10.9. The van der Waals surface area contributed by atoms with Crippen molar-refractivity contribution in [2.75, 3.05) is 13.1 Å². The lowest BCUT2D eigenvalue weighted by atomic mass is 10.0. The van der Waals surface area contributed by atoms with Crippen LogP contribution in [-0.2, 0) is 17.9 Å². The lowest BCUT2D eigenvalue weighted by Crippen LogP contribution is -2.29. The maximum Gasteiger partial charge on any atom is 0.216 e. The lowest BCUT2D eigenvalue weighted by Gasteiger charge is -2.13. The molecule has 0 aliphatic heterocycles. The number of hydrogen-bond acceptors (Lipinski definition) is 3. The minimum absolute atomic E-state index is 0.0286. The Morgan fingerprint density at radius 2 is 1.84 bits per heavy atom. The zero-order chi connectivity index (χ0) is 22.2. The zero-order valence-electron chi connectivity index (χ0n) is 17.1. The molecule has 3 aromatic rings. The molecule has 0 saturated heterocycles. The van der Waals surface area contributed by atoms with E-state index in [1.54, 1.807) is 6.07 Å². The number of amides is 1. The number of halogens is 3. The SMILES string of the molecule is CC(=O)NCCNCc1ccc(OCc2cccc(-c3cccc(F)c3)c2Br)c(Br)c1. The fourth-order valence-corrected chi connectivity index (χ4v) is 4.21. The van der Waals surface area contributed by atoms with Gasteiger partial charge in [0, 0.05) is 36.6 Å². The Balaban J connectivity index is 1.61. The molecule has 0 fully saturated rings. The van der Waals surface area contributed by atoms with E-state index in [0.29, 0.717) is 26.2 Å². The molecule has 0 bridgehead atoms. The van der Waals surface area contributed by atoms with Crippen LogP contribution in [-0.4, -0.2) is 19.0 Å². The molecule has 0 radical (unpaired) electrons. The molecule has 0 spiro atoms. The second-order valence-corrected chi connectivity index (χ2v) is 8.65. The summed E-state index contributed by atoms with van der Waals surface area (Å²) in [5.41, 5.74) is 3.80. The van der Waals surface area contributed by atoms with Gasteiger partial charge in [0.15, 0.2) is 0 Å². The molecule has 162 valence electrons. The fraction of sp³-hybridized carbons (Fsp3) is 0.208. The first-order valence-electron chi connectivity index (χ1n) is 9.84. The van der Waals surface area contributed by atoms with Crippen LogP contribution in [0.15, 0.2) is 69.6 Å². The normalized spacial score (nSPS) is 10.7. The van der Waals surface area contributed by atoms with Crippen molar-refractivity contribution in [2.24, 2.45) is 0 Å². The molecular formula is C24H23Br2FN2O2. The molecule has 0 aliphatic rings. The van der Waals surface area contributed by atoms with Crippen LogP contribution in [0.4, 0.5) is 4.39 Å². The Labute approximate surface area is 198 Å². The van der Waals surface area contributed by atoms with E-state index in [9.17, 15) is 9.18 Å². The molecular weight excluding hydrogens is 527 g/mol. The molecule has 0 atom stereocenters. The summed E-state index contributed by atoms with van der Waals surface area (Å²) in [6.45, 7) is 3.87. The Bertz CT molecular complexity index is 1060. The molecule has 4 nitrogen and oxygen atoms in total. The van der Waals surface area contributed by atoms with E-state index in [2.05, 4.69) is 42.5 Å². The summed E-state index contributed by atoms with van der Waals surface area (Å²) in [6.07, 6.45) is 0. The second kappa shape index (κ2) is 11.4. The molecule has 0 unspecified atom stereocenters. The van der Waals surface area contributed by atoms with E-state index in [4.69, 9.17) is 4.74 Å². The highest BCUT2D eigenvalue weighted by Crippen LogP contribution is 2.33. The highest BCUT2D eigenvalue weighted by atomic mass is 79.9. The van der Waals surface area contributed by atoms with Crippen molar-refractivity contribution in [1.82, 2.24) is 10.6 Å². The smallest absolute Gasteiger partial charge is 0.216 e. The molecule has 2 N–H and O–H groups in total. The lowest BCUT2D eigenvalue weighted by molar-refractivity contribution is -0.118. The van der Waals surface area contributed by atoms with E-state index < -0.39 is 0 Å². The number of rotatable bonds is 9. The standard InChI is InChI=1S/C24H23Br2FN2O2/c1-16(30)29-11-10-28-14-17-8-9-23(22(25)12-17)31-15-19-5-3-7-21(24(19)26)18-4-2-6-20(27)13-18/h2-9,12-13,28H,10-11,14-15H2,1H3,(H,29,30). The van der Waals surface area contributed by atoms with Gasteiger partial charge in [-0.25, -0.2) is 4.39 Å². The van der Waals surface area contributed by atoms with E-state index >= 15 is 0 Å². The maximum absolute atomic E-state index is 13.6. The highest BCUT2D eigenvalue weighted by Gasteiger charge is 2.10. The average Bonchev–Trinajstić information content (AvgIpc) is 2.73. The molecule has 31 heavy (non-hydrogen) atoms. The number of hydrogen-bond donors (Lipinski definition) is 2. The number of ether oxygens (including phenoxy) is 1. The molecule has 7 heteroatoms. The van der Waals surface area contributed by atoms with Crippen molar-refractivity contribution in [2.45, 2.75) is 20.1 Å². The Hall–Kier alpha value is -2.22. The van der Waals surface area contributed by atoms with Gasteiger partial charge < -0.3 is 15.4 Å². The second-order valence-electron chi connectivity index (χ2n) is 7.00. The van der Waals surface area contributed by atoms with Gasteiger partial charge in [-0.05, 0) is 72.8 Å². The minimum Gasteiger partial charge on any atom is -0.488 e. The highest BCUT2D eigenvalue weighted by molar-refractivity contribution is 9.11. The quantitative estimate of drug-likeness (QED) is 0.330. The predicted octanol–water partition coefficient (Wildman–Crippen LogP) is 5.82. The van der Waals surface area contributed by atoms with Crippen LogP contribution in [0, 0.1) is 5.82 Å². The summed E-state index contributed by atoms with van der Waals surface area (Å²) in [5.74, 6) is 0.448. The van der Waals surface area contributed by atoms with Gasteiger partial charge in [0.05, 0.1) is 4.47 Å². The Morgan fingerprint density at radius 3 is 2.58 bits per heavy atom. The first-order chi connectivity index (χ1) is 14.9. The van der Waals surface area contributed by atoms with Crippen LogP contribution in [0.25, 0.3) is 11.1 Å². The van der Waals surface area contributed by atoms with Crippen molar-refractivity contribution in [3.8, 4) is 16.9 Å². The summed E-state index contributed by atoms with van der Waals surface area (Å²) >= 11 is 7.22. The van der Waals surface area contributed by atoms with Gasteiger partial charge in [-0.3, -0.25) is 4.79 Å². The number of carbonyl (C=O) groups is 1. The first kappa shape index (κ1) is 23.4. The Morgan fingerprint density at radius 1 is 1.03 bits per heavy atom. The monoisotopic (exact) mass is 548 g/mol. The van der Waals surface area contributed by atoms with Crippen LogP contribution in [0.5, 0.6) is 5.75 Å². The third kappa shape index (κ3) is 6.89. The molecule has 1 amide bonds. The van der Waals surface area contributed by atoms with Crippen molar-refractivity contribution in [3.63, 3.8) is 0 Å². The van der Waals surface area contributed by atoms with Crippen LogP contribution < -0.4 is 15.4 Å². The Kier molecular flexibility index (Phi) is 8.63. The molecule has 3 rings (SSSR count). The maximum atomic E-state index is 13.6. The van der Waals surface area contributed by atoms with E-state index in [-0.39, 0.29) is 11.7 Å². The molecule has 0 heterocycles. The molecule has 3 aromatic carbocycles. The summed E-state index contributed by atoms with van der Waals surface area (Å²) in [5, 5.41) is 6.04. The van der Waals surface area contributed by atoms with Crippen LogP contribution in [0.2, 0.25) is 0 Å². The number of nitrogens with one attached hydrogen (secondary N) is 2. The largest absolute Gasteiger partial charge is 0.488 e. The van der Waals surface area contributed by atoms with Crippen molar-refractivity contribution in [1.29, 1.82) is 0 Å². The summed E-state index contributed by atoms with van der Waals surface area (Å²) in [6, 6.07) is 18.4. The van der Waals surface area contributed by atoms with Crippen LogP contribution in [0.1, 0.15) is 18.1 Å². The molecule has 0 saturated carbocycles. The van der Waals surface area contributed by atoms with Gasteiger partial charge in [0.25, 0.3) is 0 Å². The first-order valence-corrected chi connectivity index (χ1v) is 11.4. The zero-order valence-corrected chi connectivity index (χ0v) is 20.2. The van der Waals surface area contributed by atoms with Gasteiger partial charge in [-0.1, -0.05) is 36.4 Å². The average molecular weight is 550 g/mol. The van der Waals surface area contributed by atoms with Gasteiger partial charge in [0.2, 0.25) is 5.91 Å². The predicted molar refractivity (Wildman–Crippen MR) is 128 cm³/mol. The fourth-order valence-electron chi connectivity index (χ4n) is 3.06. The van der Waals surface area contributed by atoms with Gasteiger partial charge in [0.1, 0.15) is 18.2 Å². The summed E-state index contributed by atoms with van der Waals surface area (Å²) in [7, 11) is 0. The van der Waals surface area contributed by atoms with Crippen molar-refractivity contribution >= 4 is 37.8 Å². The van der Waals surface area contributed by atoms with Gasteiger partial charge in [-0.2, -0.15) is 0 Å². The molecule has 0 aliphatic carbocycles. The van der Waals surface area contributed by atoms with Crippen LogP contribution in [0.3, 0.4) is 0 Å². The van der Waals surface area contributed by atoms with E-state index in [1.165, 1.54) is 19.1 Å². The molecule has 0 aromatic heterocycles. The van der Waals surface area contributed by atoms with Crippen molar-refractivity contribution < 1.29 is 13.9 Å². The van der Waals surface area contributed by atoms with Gasteiger partial charge in [-0.15, -0.1) is 0 Å². The number of benzene rings is 3. The number of carbonyl (C=O) groups excluding carboxylic acids is 1. The third-order valence-corrected chi connectivity index (χ3v) is 6.15. The van der Waals surface area contributed by atoms with Crippen molar-refractivity contribution in [3.05, 3.63) is 86.6 Å². The van der Waals surface area contributed by atoms with E-state index in [1.807, 2.05) is 42.5 Å². The van der Waals surface area contributed by atoms with E-state index in [0.717, 1.165) is 36.9 Å². The minimum atomic E-state index is -0.264.